The Morgan fingerprint density at radius 3 is 2.33 bits per heavy atom. The number of carbonyl (C=O) groups is 1. The van der Waals surface area contributed by atoms with E-state index in [1.807, 2.05) is 0 Å². The predicted molar refractivity (Wildman–Crippen MR) is 95.4 cm³/mol. The van der Waals surface area contributed by atoms with Crippen molar-refractivity contribution in [2.24, 2.45) is 0 Å². The highest BCUT2D eigenvalue weighted by Gasteiger charge is 2.29. The largest absolute Gasteiger partial charge is 0.481 e. The van der Waals surface area contributed by atoms with Crippen LogP contribution in [-0.4, -0.2) is 61.4 Å². The molecule has 2 rings (SSSR count). The van der Waals surface area contributed by atoms with Crippen molar-refractivity contribution in [2.45, 2.75) is 24.2 Å². The third-order valence-corrected chi connectivity index (χ3v) is 6.30. The zero-order valence-electron chi connectivity index (χ0n) is 13.2. The molecule has 0 bridgehead atoms. The highest BCUT2D eigenvalue weighted by molar-refractivity contribution is 7.89. The topological polar surface area (TPSA) is 77.9 Å². The lowest BCUT2D eigenvalue weighted by Gasteiger charge is -2.34. The number of carboxylic acids is 1. The number of carboxylic acid groups (broad SMARTS) is 1. The Balaban J connectivity index is 0.00000288. The van der Waals surface area contributed by atoms with Crippen LogP contribution in [0.3, 0.4) is 0 Å². The lowest BCUT2D eigenvalue weighted by atomic mass is 10.2. The van der Waals surface area contributed by atoms with Crippen LogP contribution >= 0.6 is 24.0 Å². The molecule has 1 fully saturated rings. The van der Waals surface area contributed by atoms with Gasteiger partial charge in [0.15, 0.2) is 0 Å². The van der Waals surface area contributed by atoms with Crippen LogP contribution in [0.25, 0.3) is 0 Å². The van der Waals surface area contributed by atoms with Crippen molar-refractivity contribution in [1.29, 1.82) is 0 Å². The van der Waals surface area contributed by atoms with E-state index in [9.17, 15) is 13.2 Å². The smallest absolute Gasteiger partial charge is 0.303 e. The normalized spacial score (nSPS) is 16.5. The van der Waals surface area contributed by atoms with Gasteiger partial charge in [-0.05, 0) is 31.5 Å². The molecule has 1 saturated heterocycles. The summed E-state index contributed by atoms with van der Waals surface area (Å²) in [4.78, 5) is 12.8. The third kappa shape index (κ3) is 5.60. The van der Waals surface area contributed by atoms with E-state index >= 15 is 0 Å². The maximum Gasteiger partial charge on any atom is 0.303 e. The Bertz CT molecular complexity index is 647. The van der Waals surface area contributed by atoms with Gasteiger partial charge in [-0.15, -0.1) is 12.4 Å². The first-order valence-electron chi connectivity index (χ1n) is 7.60. The summed E-state index contributed by atoms with van der Waals surface area (Å²) in [6.07, 6.45) is 1.64. The fourth-order valence-electron chi connectivity index (χ4n) is 2.60. The Kier molecular flexibility index (Phi) is 8.45. The van der Waals surface area contributed by atoms with E-state index in [2.05, 4.69) is 4.90 Å². The van der Waals surface area contributed by atoms with Crippen LogP contribution in [0.15, 0.2) is 29.2 Å². The molecule has 1 aliphatic rings. The molecule has 24 heavy (non-hydrogen) atoms. The molecule has 1 N–H and O–H groups in total. The summed E-state index contributed by atoms with van der Waals surface area (Å²) in [6.45, 7) is 2.94. The zero-order chi connectivity index (χ0) is 16.9. The SMILES string of the molecule is Cl.O=C(O)CCCCN1CCN(S(=O)(=O)c2ccccc2Cl)CC1. The summed E-state index contributed by atoms with van der Waals surface area (Å²) in [5.74, 6) is -0.777. The molecule has 1 heterocycles. The molecule has 0 aromatic heterocycles. The van der Waals surface area contributed by atoms with E-state index in [4.69, 9.17) is 16.7 Å². The van der Waals surface area contributed by atoms with Crippen LogP contribution in [0.2, 0.25) is 5.02 Å². The summed E-state index contributed by atoms with van der Waals surface area (Å²) in [5.41, 5.74) is 0. The van der Waals surface area contributed by atoms with Gasteiger partial charge >= 0.3 is 5.97 Å². The summed E-state index contributed by atoms with van der Waals surface area (Å²) in [6, 6.07) is 6.47. The predicted octanol–water partition coefficient (Wildman–Crippen LogP) is 2.32. The van der Waals surface area contributed by atoms with E-state index in [-0.39, 0.29) is 28.7 Å². The molecule has 0 aliphatic carbocycles. The van der Waals surface area contributed by atoms with Gasteiger partial charge in [0, 0.05) is 32.6 Å². The Morgan fingerprint density at radius 2 is 1.75 bits per heavy atom. The molecule has 1 aliphatic heterocycles. The first kappa shape index (κ1) is 21.2. The fraction of sp³-hybridized carbons (Fsp3) is 0.533. The second-order valence-electron chi connectivity index (χ2n) is 5.53. The molecule has 136 valence electrons. The van der Waals surface area contributed by atoms with Crippen molar-refractivity contribution < 1.29 is 18.3 Å². The molecular formula is C15H22Cl2N2O4S. The monoisotopic (exact) mass is 396 g/mol. The number of rotatable bonds is 7. The number of hydrogen-bond donors (Lipinski definition) is 1. The Morgan fingerprint density at radius 1 is 1.12 bits per heavy atom. The van der Waals surface area contributed by atoms with Gasteiger partial charge in [0.1, 0.15) is 4.90 Å². The van der Waals surface area contributed by atoms with E-state index in [1.54, 1.807) is 18.2 Å². The highest BCUT2D eigenvalue weighted by Crippen LogP contribution is 2.25. The van der Waals surface area contributed by atoms with Crippen molar-refractivity contribution >= 4 is 40.0 Å². The number of sulfonamides is 1. The second kappa shape index (κ2) is 9.58. The minimum absolute atomic E-state index is 0. The average Bonchev–Trinajstić information content (AvgIpc) is 2.52. The first-order chi connectivity index (χ1) is 10.9. The number of aliphatic carboxylic acids is 1. The Hall–Kier alpha value is -0.860. The minimum atomic E-state index is -3.56. The maximum absolute atomic E-state index is 12.6. The Labute approximate surface area is 153 Å². The lowest BCUT2D eigenvalue weighted by Crippen LogP contribution is -2.48. The number of benzene rings is 1. The van der Waals surface area contributed by atoms with Gasteiger partial charge in [0.25, 0.3) is 0 Å². The van der Waals surface area contributed by atoms with Crippen LogP contribution in [0.4, 0.5) is 0 Å². The number of hydrogen-bond acceptors (Lipinski definition) is 4. The first-order valence-corrected chi connectivity index (χ1v) is 9.42. The molecule has 0 spiro atoms. The average molecular weight is 397 g/mol. The summed E-state index contributed by atoms with van der Waals surface area (Å²) >= 11 is 6.00. The number of halogens is 2. The van der Waals surface area contributed by atoms with Crippen LogP contribution < -0.4 is 0 Å². The van der Waals surface area contributed by atoms with E-state index in [0.717, 1.165) is 13.0 Å². The highest BCUT2D eigenvalue weighted by atomic mass is 35.5. The lowest BCUT2D eigenvalue weighted by molar-refractivity contribution is -0.137. The summed E-state index contributed by atoms with van der Waals surface area (Å²) in [5, 5.41) is 8.85. The van der Waals surface area contributed by atoms with Crippen molar-refractivity contribution in [3.63, 3.8) is 0 Å². The molecule has 0 radical (unpaired) electrons. The van der Waals surface area contributed by atoms with E-state index < -0.39 is 16.0 Å². The standard InChI is InChI=1S/C15H21ClN2O4S.ClH/c16-13-5-1-2-6-14(13)23(21,22)18-11-9-17(10-12-18)8-4-3-7-15(19)20;/h1-2,5-6H,3-4,7-12H2,(H,19,20);1H. The van der Waals surface area contributed by atoms with Gasteiger partial charge in [0.05, 0.1) is 5.02 Å². The van der Waals surface area contributed by atoms with Crippen molar-refractivity contribution in [2.75, 3.05) is 32.7 Å². The minimum Gasteiger partial charge on any atom is -0.481 e. The molecule has 0 unspecified atom stereocenters. The molecule has 1 aromatic carbocycles. The summed E-state index contributed by atoms with van der Waals surface area (Å²) < 4.78 is 26.7. The fourth-order valence-corrected chi connectivity index (χ4v) is 4.51. The van der Waals surface area contributed by atoms with E-state index in [0.29, 0.717) is 32.6 Å². The molecule has 0 atom stereocenters. The maximum atomic E-state index is 12.6. The van der Waals surface area contributed by atoms with Gasteiger partial charge in [-0.1, -0.05) is 23.7 Å². The number of piperazine rings is 1. The van der Waals surface area contributed by atoms with Crippen LogP contribution in [0.1, 0.15) is 19.3 Å². The van der Waals surface area contributed by atoms with Gasteiger partial charge in [-0.2, -0.15) is 4.31 Å². The van der Waals surface area contributed by atoms with Gasteiger partial charge in [-0.25, -0.2) is 8.42 Å². The van der Waals surface area contributed by atoms with Gasteiger partial charge in [0.2, 0.25) is 10.0 Å². The van der Waals surface area contributed by atoms with Gasteiger partial charge < -0.3 is 10.0 Å². The molecule has 6 nitrogen and oxygen atoms in total. The quantitative estimate of drug-likeness (QED) is 0.715. The number of unbranched alkanes of at least 4 members (excludes halogenated alkanes) is 1. The third-order valence-electron chi connectivity index (χ3n) is 3.90. The van der Waals surface area contributed by atoms with E-state index in [1.165, 1.54) is 10.4 Å². The number of nitrogens with zero attached hydrogens (tertiary/aromatic N) is 2. The van der Waals surface area contributed by atoms with Crippen molar-refractivity contribution in [1.82, 2.24) is 9.21 Å². The zero-order valence-corrected chi connectivity index (χ0v) is 15.6. The molecule has 0 saturated carbocycles. The van der Waals surface area contributed by atoms with Crippen LogP contribution in [0, 0.1) is 0 Å². The molecule has 0 amide bonds. The second-order valence-corrected chi connectivity index (χ2v) is 7.84. The van der Waals surface area contributed by atoms with Crippen molar-refractivity contribution in [3.05, 3.63) is 29.3 Å². The van der Waals surface area contributed by atoms with Gasteiger partial charge in [-0.3, -0.25) is 4.79 Å². The van der Waals surface area contributed by atoms with Crippen LogP contribution in [0.5, 0.6) is 0 Å². The molecular weight excluding hydrogens is 375 g/mol. The van der Waals surface area contributed by atoms with Crippen molar-refractivity contribution in [3.8, 4) is 0 Å². The molecule has 9 heteroatoms. The van der Waals surface area contributed by atoms with Crippen LogP contribution in [-0.2, 0) is 14.8 Å². The summed E-state index contributed by atoms with van der Waals surface area (Å²) in [7, 11) is -3.56. The molecule has 1 aromatic rings.